The van der Waals surface area contributed by atoms with Crippen LogP contribution in [0.15, 0.2) is 47.1 Å². The zero-order valence-electron chi connectivity index (χ0n) is 18.6. The van der Waals surface area contributed by atoms with Gasteiger partial charge in [-0.15, -0.1) is 17.9 Å². The Bertz CT molecular complexity index is 1140. The summed E-state index contributed by atoms with van der Waals surface area (Å²) in [7, 11) is 0. The molecule has 2 N–H and O–H groups in total. The van der Waals surface area contributed by atoms with Crippen molar-refractivity contribution in [2.45, 2.75) is 50.8 Å². The number of ether oxygens (including phenoxy) is 1. The lowest BCUT2D eigenvalue weighted by atomic mass is 9.94. The maximum absolute atomic E-state index is 13.1. The van der Waals surface area contributed by atoms with E-state index in [1.54, 1.807) is 6.08 Å². The first-order valence-electron chi connectivity index (χ1n) is 11.4. The predicted octanol–water partition coefficient (Wildman–Crippen LogP) is 5.00. The van der Waals surface area contributed by atoms with Crippen molar-refractivity contribution in [3.05, 3.63) is 63.5 Å². The molecule has 3 aromatic rings. The molecule has 6 nitrogen and oxygen atoms in total. The summed E-state index contributed by atoms with van der Waals surface area (Å²) in [5.74, 6) is 0.622. The Morgan fingerprint density at radius 1 is 1.36 bits per heavy atom. The second-order valence-electron chi connectivity index (χ2n) is 8.55. The lowest BCUT2D eigenvalue weighted by Gasteiger charge is -2.35. The Hall–Kier alpha value is -2.03. The number of hydrogen-bond acceptors (Lipinski definition) is 6. The molecule has 8 heteroatoms. The SMILES string of the molecule is C=CCOCC(O)CN(Cc1nc2scc(-c3cccc(Cl)c3)c2c(=O)[nH]1)C1CCCCC1. The summed E-state index contributed by atoms with van der Waals surface area (Å²) < 4.78 is 5.44. The van der Waals surface area contributed by atoms with Gasteiger partial charge in [0, 0.05) is 28.6 Å². The number of nitrogens with zero attached hydrogens (tertiary/aromatic N) is 2. The minimum absolute atomic E-state index is 0.148. The third-order valence-corrected chi connectivity index (χ3v) is 7.17. The number of rotatable bonds is 10. The number of fused-ring (bicyclic) bond motifs is 1. The van der Waals surface area contributed by atoms with Gasteiger partial charge in [0.15, 0.2) is 0 Å². The summed E-state index contributed by atoms with van der Waals surface area (Å²) in [5, 5.41) is 13.7. The second kappa shape index (κ2) is 11.4. The van der Waals surface area contributed by atoms with Gasteiger partial charge in [0.2, 0.25) is 0 Å². The monoisotopic (exact) mass is 487 g/mol. The number of thiophene rings is 1. The van der Waals surface area contributed by atoms with Crippen molar-refractivity contribution in [3.63, 3.8) is 0 Å². The molecule has 0 aliphatic heterocycles. The van der Waals surface area contributed by atoms with Crippen LogP contribution >= 0.6 is 22.9 Å². The smallest absolute Gasteiger partial charge is 0.260 e. The van der Waals surface area contributed by atoms with E-state index in [1.807, 2.05) is 29.6 Å². The molecule has 176 valence electrons. The molecule has 1 atom stereocenters. The normalized spacial score (nSPS) is 15.8. The quantitative estimate of drug-likeness (QED) is 0.310. The summed E-state index contributed by atoms with van der Waals surface area (Å²) in [5.41, 5.74) is 1.60. The molecule has 1 aromatic carbocycles. The summed E-state index contributed by atoms with van der Waals surface area (Å²) in [6.45, 7) is 5.27. The van der Waals surface area contributed by atoms with Gasteiger partial charge in [-0.1, -0.05) is 49.1 Å². The van der Waals surface area contributed by atoms with Gasteiger partial charge in [-0.05, 0) is 30.5 Å². The van der Waals surface area contributed by atoms with Gasteiger partial charge in [-0.25, -0.2) is 4.98 Å². The average Bonchev–Trinajstić information content (AvgIpc) is 3.24. The minimum Gasteiger partial charge on any atom is -0.389 e. The van der Waals surface area contributed by atoms with E-state index in [4.69, 9.17) is 21.3 Å². The second-order valence-corrected chi connectivity index (χ2v) is 9.85. The van der Waals surface area contributed by atoms with Crippen molar-refractivity contribution in [2.75, 3.05) is 19.8 Å². The van der Waals surface area contributed by atoms with Crippen LogP contribution in [0.2, 0.25) is 5.02 Å². The highest BCUT2D eigenvalue weighted by Crippen LogP contribution is 2.32. The Morgan fingerprint density at radius 2 is 2.18 bits per heavy atom. The molecule has 4 rings (SSSR count). The zero-order valence-corrected chi connectivity index (χ0v) is 20.2. The molecular formula is C25H30ClN3O3S. The highest BCUT2D eigenvalue weighted by Gasteiger charge is 2.25. The molecule has 0 saturated heterocycles. The first-order chi connectivity index (χ1) is 16.0. The fourth-order valence-corrected chi connectivity index (χ4v) is 5.69. The average molecular weight is 488 g/mol. The zero-order chi connectivity index (χ0) is 23.2. The van der Waals surface area contributed by atoms with E-state index in [9.17, 15) is 9.90 Å². The molecule has 1 aliphatic carbocycles. The lowest BCUT2D eigenvalue weighted by Crippen LogP contribution is -2.43. The number of aromatic nitrogens is 2. The van der Waals surface area contributed by atoms with Crippen LogP contribution < -0.4 is 5.56 Å². The van der Waals surface area contributed by atoms with Crippen molar-refractivity contribution in [1.82, 2.24) is 14.9 Å². The molecule has 2 heterocycles. The summed E-state index contributed by atoms with van der Waals surface area (Å²) in [4.78, 5) is 23.8. The number of aliphatic hydroxyl groups is 1. The third-order valence-electron chi connectivity index (χ3n) is 6.06. The molecule has 1 unspecified atom stereocenters. The molecule has 0 spiro atoms. The third kappa shape index (κ3) is 6.11. The molecule has 1 aliphatic rings. The van der Waals surface area contributed by atoms with Crippen molar-refractivity contribution in [3.8, 4) is 11.1 Å². The Labute approximate surface area is 202 Å². The highest BCUT2D eigenvalue weighted by atomic mass is 35.5. The van der Waals surface area contributed by atoms with Gasteiger partial charge in [-0.2, -0.15) is 0 Å². The molecule has 0 bridgehead atoms. The lowest BCUT2D eigenvalue weighted by molar-refractivity contribution is 0.00880. The van der Waals surface area contributed by atoms with Crippen LogP contribution in [0.1, 0.15) is 37.9 Å². The molecular weight excluding hydrogens is 458 g/mol. The van der Waals surface area contributed by atoms with Crippen molar-refractivity contribution >= 4 is 33.2 Å². The highest BCUT2D eigenvalue weighted by molar-refractivity contribution is 7.17. The fraction of sp³-hybridized carbons (Fsp3) is 0.440. The van der Waals surface area contributed by atoms with Crippen LogP contribution in [0.3, 0.4) is 0 Å². The fourth-order valence-electron chi connectivity index (χ4n) is 4.53. The van der Waals surface area contributed by atoms with Gasteiger partial charge >= 0.3 is 0 Å². The van der Waals surface area contributed by atoms with Crippen LogP contribution in [-0.4, -0.2) is 51.9 Å². The molecule has 2 aromatic heterocycles. The van der Waals surface area contributed by atoms with E-state index in [2.05, 4.69) is 16.5 Å². The van der Waals surface area contributed by atoms with Gasteiger partial charge in [0.1, 0.15) is 10.7 Å². The number of aliphatic hydroxyl groups excluding tert-OH is 1. The van der Waals surface area contributed by atoms with Crippen LogP contribution in [0.4, 0.5) is 0 Å². The van der Waals surface area contributed by atoms with E-state index in [0.717, 1.165) is 24.0 Å². The van der Waals surface area contributed by atoms with E-state index >= 15 is 0 Å². The number of hydrogen-bond donors (Lipinski definition) is 2. The van der Waals surface area contributed by atoms with Crippen molar-refractivity contribution in [1.29, 1.82) is 0 Å². The standard InChI is InChI=1S/C25H30ClN3O3S/c1-2-11-32-15-20(30)13-29(19-9-4-3-5-10-19)14-22-27-24(31)23-21(16-33-25(23)28-22)17-7-6-8-18(26)12-17/h2,6-8,12,16,19-20,30H,1,3-5,9-11,13-15H2,(H,27,28,31). The number of aromatic amines is 1. The maximum atomic E-state index is 13.1. The summed E-state index contributed by atoms with van der Waals surface area (Å²) in [6, 6.07) is 7.86. The summed E-state index contributed by atoms with van der Waals surface area (Å²) >= 11 is 7.61. The molecule has 33 heavy (non-hydrogen) atoms. The van der Waals surface area contributed by atoms with E-state index < -0.39 is 6.10 Å². The van der Waals surface area contributed by atoms with Crippen LogP contribution in [0.5, 0.6) is 0 Å². The number of H-pyrrole nitrogens is 1. The van der Waals surface area contributed by atoms with Crippen LogP contribution in [0, 0.1) is 0 Å². The Kier molecular flexibility index (Phi) is 8.33. The van der Waals surface area contributed by atoms with Gasteiger partial charge in [0.05, 0.1) is 31.2 Å². The topological polar surface area (TPSA) is 78.5 Å². The van der Waals surface area contributed by atoms with Crippen molar-refractivity contribution < 1.29 is 9.84 Å². The molecule has 1 saturated carbocycles. The van der Waals surface area contributed by atoms with E-state index in [-0.39, 0.29) is 12.2 Å². The van der Waals surface area contributed by atoms with Gasteiger partial charge in [0.25, 0.3) is 5.56 Å². The largest absolute Gasteiger partial charge is 0.389 e. The van der Waals surface area contributed by atoms with E-state index in [0.29, 0.717) is 46.8 Å². The van der Waals surface area contributed by atoms with Crippen LogP contribution in [-0.2, 0) is 11.3 Å². The Morgan fingerprint density at radius 3 is 2.94 bits per heavy atom. The minimum atomic E-state index is -0.613. The predicted molar refractivity (Wildman–Crippen MR) is 135 cm³/mol. The molecule has 1 fully saturated rings. The first kappa shape index (κ1) is 24.1. The van der Waals surface area contributed by atoms with E-state index in [1.165, 1.54) is 30.6 Å². The number of benzene rings is 1. The first-order valence-corrected chi connectivity index (χ1v) is 12.7. The molecule has 0 radical (unpaired) electrons. The molecule has 0 amide bonds. The van der Waals surface area contributed by atoms with Gasteiger partial charge in [-0.3, -0.25) is 9.69 Å². The number of halogens is 1. The maximum Gasteiger partial charge on any atom is 0.260 e. The number of nitrogens with one attached hydrogen (secondary N) is 1. The van der Waals surface area contributed by atoms with Crippen LogP contribution in [0.25, 0.3) is 21.3 Å². The van der Waals surface area contributed by atoms with Crippen molar-refractivity contribution in [2.24, 2.45) is 0 Å². The Balaban J connectivity index is 1.57. The van der Waals surface area contributed by atoms with Gasteiger partial charge < -0.3 is 14.8 Å². The summed E-state index contributed by atoms with van der Waals surface area (Å²) in [6.07, 6.45) is 6.85.